The molecule has 0 saturated carbocycles. The Morgan fingerprint density at radius 2 is 1.75 bits per heavy atom. The van der Waals surface area contributed by atoms with Crippen molar-refractivity contribution in [3.05, 3.63) is 47.2 Å². The van der Waals surface area contributed by atoms with E-state index in [2.05, 4.69) is 25.9 Å². The van der Waals surface area contributed by atoms with Crippen LogP contribution in [0.25, 0.3) is 10.9 Å². The molecule has 24 heavy (non-hydrogen) atoms. The molecule has 0 radical (unpaired) electrons. The molecule has 0 fully saturated rings. The molecule has 8 heteroatoms. The maximum absolute atomic E-state index is 6.50. The zero-order valence-corrected chi connectivity index (χ0v) is 15.3. The van der Waals surface area contributed by atoms with Gasteiger partial charge in [0.25, 0.3) is 0 Å². The molecule has 0 unspecified atom stereocenters. The smallest absolute Gasteiger partial charge is 0.162 e. The van der Waals surface area contributed by atoms with Crippen molar-refractivity contribution in [3.8, 4) is 11.5 Å². The molecule has 1 aromatic heterocycles. The van der Waals surface area contributed by atoms with Gasteiger partial charge in [0.05, 0.1) is 25.4 Å². The van der Waals surface area contributed by atoms with E-state index in [1.54, 1.807) is 20.3 Å². The lowest BCUT2D eigenvalue weighted by molar-refractivity contribution is 0.356. The van der Waals surface area contributed by atoms with Gasteiger partial charge in [0.2, 0.25) is 0 Å². The molecule has 1 heterocycles. The third-order valence-corrected chi connectivity index (χ3v) is 4.19. The van der Waals surface area contributed by atoms with Crippen LogP contribution in [0.4, 0.5) is 11.5 Å². The maximum Gasteiger partial charge on any atom is 0.162 e. The fourth-order valence-electron chi connectivity index (χ4n) is 2.25. The number of hydrogen-bond donors (Lipinski definition) is 0. The van der Waals surface area contributed by atoms with Crippen molar-refractivity contribution in [1.82, 2.24) is 9.97 Å². The summed E-state index contributed by atoms with van der Waals surface area (Å²) in [5.74, 6) is 1.76. The van der Waals surface area contributed by atoms with Gasteiger partial charge in [0.1, 0.15) is 6.33 Å². The highest BCUT2D eigenvalue weighted by atomic mass is 79.9. The SMILES string of the molecule is COc1cc2ncnc(N(Cl)c3cccc(Br)c3)c2cc1OC.O. The average Bonchev–Trinajstić information content (AvgIpc) is 2.59. The summed E-state index contributed by atoms with van der Waals surface area (Å²) < 4.78 is 13.1. The van der Waals surface area contributed by atoms with Gasteiger partial charge in [-0.15, -0.1) is 0 Å². The van der Waals surface area contributed by atoms with E-state index in [1.807, 2.05) is 30.3 Å². The summed E-state index contributed by atoms with van der Waals surface area (Å²) in [7, 11) is 3.17. The van der Waals surface area contributed by atoms with Crippen LogP contribution in [0.3, 0.4) is 0 Å². The van der Waals surface area contributed by atoms with Gasteiger partial charge in [-0.25, -0.2) is 14.4 Å². The summed E-state index contributed by atoms with van der Waals surface area (Å²) in [5, 5.41) is 0.764. The number of rotatable bonds is 4. The lowest BCUT2D eigenvalue weighted by Gasteiger charge is -2.17. The second kappa shape index (κ2) is 7.65. The van der Waals surface area contributed by atoms with Crippen LogP contribution in [-0.2, 0) is 0 Å². The molecule has 2 N–H and O–H groups in total. The Kier molecular flexibility index (Phi) is 5.82. The number of benzene rings is 2. The minimum Gasteiger partial charge on any atom is -0.493 e. The molecule has 2 aromatic carbocycles. The van der Waals surface area contributed by atoms with Crippen molar-refractivity contribution < 1.29 is 14.9 Å². The number of methoxy groups -OCH3 is 2. The van der Waals surface area contributed by atoms with E-state index in [9.17, 15) is 0 Å². The summed E-state index contributed by atoms with van der Waals surface area (Å²) in [4.78, 5) is 8.59. The standard InChI is InChI=1S/C16H13BrClN3O2.H2O/c1-22-14-7-12-13(8-15(14)23-2)19-9-20-16(12)21(18)11-5-3-4-10(17)6-11;/h3-9H,1-2H3;1H2. The van der Waals surface area contributed by atoms with Crippen molar-refractivity contribution >= 4 is 50.1 Å². The predicted molar refractivity (Wildman–Crippen MR) is 98.4 cm³/mol. The van der Waals surface area contributed by atoms with Gasteiger partial charge in [-0.3, -0.25) is 0 Å². The van der Waals surface area contributed by atoms with Crippen LogP contribution >= 0.6 is 27.7 Å². The number of aromatic nitrogens is 2. The molecular weight excluding hydrogens is 398 g/mol. The molecule has 0 aliphatic rings. The summed E-state index contributed by atoms with van der Waals surface area (Å²) >= 11 is 9.94. The van der Waals surface area contributed by atoms with E-state index in [0.717, 1.165) is 15.5 Å². The number of ether oxygens (including phenoxy) is 2. The normalized spacial score (nSPS) is 10.2. The predicted octanol–water partition coefficient (Wildman–Crippen LogP) is 3.88. The Hall–Kier alpha value is -2.09. The van der Waals surface area contributed by atoms with Crippen molar-refractivity contribution in [3.63, 3.8) is 0 Å². The number of fused-ring (bicyclic) bond motifs is 1. The van der Waals surface area contributed by atoms with Gasteiger partial charge in [-0.05, 0) is 24.3 Å². The fraction of sp³-hybridized carbons (Fsp3) is 0.125. The van der Waals surface area contributed by atoms with Crippen LogP contribution in [0.15, 0.2) is 47.2 Å². The Morgan fingerprint density at radius 1 is 1.04 bits per heavy atom. The third-order valence-electron chi connectivity index (χ3n) is 3.34. The van der Waals surface area contributed by atoms with Crippen molar-refractivity contribution in [2.24, 2.45) is 0 Å². The van der Waals surface area contributed by atoms with E-state index in [-0.39, 0.29) is 5.48 Å². The molecule has 3 aromatic rings. The van der Waals surface area contributed by atoms with Gasteiger partial charge >= 0.3 is 0 Å². The topological polar surface area (TPSA) is 79.0 Å². The molecule has 6 nitrogen and oxygen atoms in total. The molecule has 3 rings (SSSR count). The number of anilines is 2. The first kappa shape index (κ1) is 18.3. The first-order valence-electron chi connectivity index (χ1n) is 6.72. The van der Waals surface area contributed by atoms with E-state index in [1.165, 1.54) is 10.7 Å². The Bertz CT molecular complexity index is 863. The number of nitrogens with zero attached hydrogens (tertiary/aromatic N) is 3. The molecule has 0 atom stereocenters. The lowest BCUT2D eigenvalue weighted by Crippen LogP contribution is -2.05. The fourth-order valence-corrected chi connectivity index (χ4v) is 2.87. The number of hydrogen-bond acceptors (Lipinski definition) is 5. The van der Waals surface area contributed by atoms with Crippen LogP contribution in [0.1, 0.15) is 0 Å². The molecular formula is C16H15BrClN3O3. The van der Waals surface area contributed by atoms with E-state index in [4.69, 9.17) is 21.3 Å². The van der Waals surface area contributed by atoms with Gasteiger partial charge in [-0.2, -0.15) is 0 Å². The first-order chi connectivity index (χ1) is 11.1. The van der Waals surface area contributed by atoms with Crippen molar-refractivity contribution in [1.29, 1.82) is 0 Å². The van der Waals surface area contributed by atoms with E-state index in [0.29, 0.717) is 22.8 Å². The second-order valence-corrected chi connectivity index (χ2v) is 5.94. The summed E-state index contributed by atoms with van der Waals surface area (Å²) in [6.45, 7) is 0. The minimum absolute atomic E-state index is 0. The minimum atomic E-state index is 0. The van der Waals surface area contributed by atoms with Gasteiger partial charge in [0.15, 0.2) is 17.3 Å². The zero-order valence-electron chi connectivity index (χ0n) is 13.0. The van der Waals surface area contributed by atoms with Gasteiger partial charge in [-0.1, -0.05) is 22.0 Å². The monoisotopic (exact) mass is 411 g/mol. The molecule has 0 aliphatic heterocycles. The van der Waals surface area contributed by atoms with Crippen molar-refractivity contribution in [2.75, 3.05) is 18.6 Å². The molecule has 0 amide bonds. The van der Waals surface area contributed by atoms with Crippen LogP contribution in [-0.4, -0.2) is 29.7 Å². The summed E-state index contributed by atoms with van der Waals surface area (Å²) in [6, 6.07) is 11.2. The Morgan fingerprint density at radius 3 is 2.42 bits per heavy atom. The molecule has 0 spiro atoms. The van der Waals surface area contributed by atoms with E-state index >= 15 is 0 Å². The van der Waals surface area contributed by atoms with Crippen LogP contribution < -0.4 is 13.9 Å². The highest BCUT2D eigenvalue weighted by Gasteiger charge is 2.16. The number of halogens is 2. The summed E-state index contributed by atoms with van der Waals surface area (Å²) in [5.41, 5.74) is 1.50. The first-order valence-corrected chi connectivity index (χ1v) is 7.85. The average molecular weight is 413 g/mol. The highest BCUT2D eigenvalue weighted by Crippen LogP contribution is 2.37. The lowest BCUT2D eigenvalue weighted by atomic mass is 10.2. The summed E-state index contributed by atoms with van der Waals surface area (Å²) in [6.07, 6.45) is 1.47. The van der Waals surface area contributed by atoms with Gasteiger partial charge in [0, 0.05) is 27.7 Å². The largest absolute Gasteiger partial charge is 0.493 e. The van der Waals surface area contributed by atoms with Crippen LogP contribution in [0.5, 0.6) is 11.5 Å². The second-order valence-electron chi connectivity index (χ2n) is 4.68. The van der Waals surface area contributed by atoms with Gasteiger partial charge < -0.3 is 14.9 Å². The zero-order chi connectivity index (χ0) is 16.4. The van der Waals surface area contributed by atoms with Crippen LogP contribution in [0, 0.1) is 0 Å². The Labute approximate surface area is 152 Å². The molecule has 0 aliphatic carbocycles. The maximum atomic E-state index is 6.50. The Balaban J connectivity index is 0.00000208. The van der Waals surface area contributed by atoms with E-state index < -0.39 is 0 Å². The molecule has 0 saturated heterocycles. The molecule has 126 valence electrons. The molecule has 0 bridgehead atoms. The highest BCUT2D eigenvalue weighted by molar-refractivity contribution is 9.10. The van der Waals surface area contributed by atoms with Crippen molar-refractivity contribution in [2.45, 2.75) is 0 Å². The third kappa shape index (κ3) is 3.38. The van der Waals surface area contributed by atoms with Crippen LogP contribution in [0.2, 0.25) is 0 Å². The quantitative estimate of drug-likeness (QED) is 0.608.